The van der Waals surface area contributed by atoms with E-state index in [-0.39, 0.29) is 31.1 Å². The molecule has 0 radical (unpaired) electrons. The molecule has 0 saturated carbocycles. The van der Waals surface area contributed by atoms with Gasteiger partial charge in [0.1, 0.15) is 13.2 Å². The average molecular weight is 1130 g/mol. The molecule has 0 amide bonds. The van der Waals surface area contributed by atoms with Crippen LogP contribution < -0.4 is 0 Å². The van der Waals surface area contributed by atoms with Gasteiger partial charge in [-0.1, -0.05) is 306 Å². The number of carbonyl (C=O) groups is 3. The van der Waals surface area contributed by atoms with Crippen LogP contribution >= 0.6 is 0 Å². The fourth-order valence-corrected chi connectivity index (χ4v) is 10.3. The van der Waals surface area contributed by atoms with Gasteiger partial charge in [0.25, 0.3) is 0 Å². The standard InChI is InChI=1S/C75H134O6/c1-4-7-10-13-16-19-22-25-27-29-31-33-35-37-39-41-43-45-47-50-53-56-59-62-65-68-74(77)80-71-72(70-79-73(76)67-64-61-58-55-52-49-24-21-18-15-12-9-6-3)81-75(78)69-66-63-60-57-54-51-48-46-44-42-40-38-36-34-32-30-28-26-23-20-17-14-11-8-5-2/h21-26,29-32,35,37,72H,4-20,27-28,33-34,36,38-71H2,1-3H3/b24-21-,25-22-,26-23-,31-29-,32-30-,37-35-. The lowest BCUT2D eigenvalue weighted by molar-refractivity contribution is -0.167. The van der Waals surface area contributed by atoms with Crippen molar-refractivity contribution >= 4 is 17.9 Å². The highest BCUT2D eigenvalue weighted by molar-refractivity contribution is 5.71. The number of esters is 3. The first-order valence-corrected chi connectivity index (χ1v) is 35.4. The van der Waals surface area contributed by atoms with Gasteiger partial charge in [0.05, 0.1) is 0 Å². The predicted octanol–water partition coefficient (Wildman–Crippen LogP) is 24.4. The SMILES string of the molecule is CCCCCC/C=C\CCCCCCCC(=O)OCC(COC(=O)CCCCCCCCCCCC/C=C\C/C=C\C/C=C\CCCCCCC)OC(=O)CCCCCCCCCCCCCCC/C=C\C/C=C\CCCCCCC. The van der Waals surface area contributed by atoms with Gasteiger partial charge in [-0.15, -0.1) is 0 Å². The summed E-state index contributed by atoms with van der Waals surface area (Å²) >= 11 is 0. The molecular weight excluding hydrogens is 997 g/mol. The summed E-state index contributed by atoms with van der Waals surface area (Å²) in [5, 5.41) is 0. The maximum Gasteiger partial charge on any atom is 0.306 e. The van der Waals surface area contributed by atoms with Crippen molar-refractivity contribution in [3.63, 3.8) is 0 Å². The molecule has 0 rings (SSSR count). The second-order valence-corrected chi connectivity index (χ2v) is 23.8. The second kappa shape index (κ2) is 69.3. The Morgan fingerprint density at radius 2 is 0.444 bits per heavy atom. The summed E-state index contributed by atoms with van der Waals surface area (Å²) < 4.78 is 17.0. The zero-order valence-electron chi connectivity index (χ0n) is 54.1. The van der Waals surface area contributed by atoms with Gasteiger partial charge >= 0.3 is 17.9 Å². The number of hydrogen-bond donors (Lipinski definition) is 0. The Kier molecular flexibility index (Phi) is 66.6. The summed E-state index contributed by atoms with van der Waals surface area (Å²) in [6.45, 7) is 6.64. The summed E-state index contributed by atoms with van der Waals surface area (Å²) in [5.74, 6) is -0.872. The van der Waals surface area contributed by atoms with E-state index in [1.165, 1.54) is 244 Å². The normalized spacial score (nSPS) is 12.5. The van der Waals surface area contributed by atoms with E-state index in [1.807, 2.05) is 0 Å². The van der Waals surface area contributed by atoms with Gasteiger partial charge in [-0.2, -0.15) is 0 Å². The third kappa shape index (κ3) is 67.5. The lowest BCUT2D eigenvalue weighted by Gasteiger charge is -2.18. The molecule has 0 spiro atoms. The number of allylic oxidation sites excluding steroid dienone is 12. The molecule has 1 unspecified atom stereocenters. The molecule has 0 aliphatic heterocycles. The quantitative estimate of drug-likeness (QED) is 0.0261. The smallest absolute Gasteiger partial charge is 0.306 e. The van der Waals surface area contributed by atoms with E-state index >= 15 is 0 Å². The van der Waals surface area contributed by atoms with E-state index in [9.17, 15) is 14.4 Å². The molecule has 0 aromatic heterocycles. The van der Waals surface area contributed by atoms with E-state index < -0.39 is 6.10 Å². The van der Waals surface area contributed by atoms with E-state index in [0.29, 0.717) is 19.3 Å². The van der Waals surface area contributed by atoms with Crippen molar-refractivity contribution in [1.82, 2.24) is 0 Å². The van der Waals surface area contributed by atoms with Crippen LogP contribution in [0.25, 0.3) is 0 Å². The maximum absolute atomic E-state index is 13.0. The molecule has 81 heavy (non-hydrogen) atoms. The van der Waals surface area contributed by atoms with Crippen molar-refractivity contribution in [2.24, 2.45) is 0 Å². The van der Waals surface area contributed by atoms with Crippen LogP contribution in [-0.4, -0.2) is 37.2 Å². The molecule has 0 aromatic carbocycles. The topological polar surface area (TPSA) is 78.9 Å². The lowest BCUT2D eigenvalue weighted by Crippen LogP contribution is -2.30. The Balaban J connectivity index is 4.28. The number of unbranched alkanes of at least 4 members (excludes halogenated alkanes) is 42. The lowest BCUT2D eigenvalue weighted by atomic mass is 10.0. The van der Waals surface area contributed by atoms with E-state index in [0.717, 1.165) is 83.5 Å². The monoisotopic (exact) mass is 1130 g/mol. The van der Waals surface area contributed by atoms with E-state index in [4.69, 9.17) is 14.2 Å². The Morgan fingerprint density at radius 1 is 0.247 bits per heavy atom. The molecule has 6 heteroatoms. The molecule has 0 saturated heterocycles. The van der Waals surface area contributed by atoms with Crippen LogP contribution in [0.4, 0.5) is 0 Å². The minimum Gasteiger partial charge on any atom is -0.462 e. The average Bonchev–Trinajstić information content (AvgIpc) is 3.46. The molecule has 0 N–H and O–H groups in total. The van der Waals surface area contributed by atoms with Crippen molar-refractivity contribution in [1.29, 1.82) is 0 Å². The summed E-state index contributed by atoms with van der Waals surface area (Å²) in [5.41, 5.74) is 0. The van der Waals surface area contributed by atoms with Crippen molar-refractivity contribution in [2.75, 3.05) is 13.2 Å². The molecule has 0 aliphatic carbocycles. The first-order valence-electron chi connectivity index (χ1n) is 35.4. The predicted molar refractivity (Wildman–Crippen MR) is 353 cm³/mol. The van der Waals surface area contributed by atoms with Gasteiger partial charge in [0, 0.05) is 19.3 Å². The first-order chi connectivity index (χ1) is 40.0. The first kappa shape index (κ1) is 77.9. The van der Waals surface area contributed by atoms with E-state index in [1.54, 1.807) is 0 Å². The minimum atomic E-state index is -0.782. The summed E-state index contributed by atoms with van der Waals surface area (Å²) in [7, 11) is 0. The number of carbonyl (C=O) groups excluding carboxylic acids is 3. The molecule has 0 bridgehead atoms. The minimum absolute atomic E-state index is 0.0780. The van der Waals surface area contributed by atoms with Crippen molar-refractivity contribution < 1.29 is 28.6 Å². The molecule has 0 aromatic rings. The second-order valence-electron chi connectivity index (χ2n) is 23.8. The highest BCUT2D eigenvalue weighted by atomic mass is 16.6. The number of hydrogen-bond acceptors (Lipinski definition) is 6. The fraction of sp³-hybridized carbons (Fsp3) is 0.800. The third-order valence-electron chi connectivity index (χ3n) is 15.7. The molecule has 6 nitrogen and oxygen atoms in total. The highest BCUT2D eigenvalue weighted by Gasteiger charge is 2.19. The van der Waals surface area contributed by atoms with Crippen molar-refractivity contribution in [2.45, 2.75) is 374 Å². The Labute approximate surface area is 503 Å². The van der Waals surface area contributed by atoms with Crippen LogP contribution in [0.2, 0.25) is 0 Å². The van der Waals surface area contributed by atoms with Gasteiger partial charge in [0.15, 0.2) is 6.10 Å². The maximum atomic E-state index is 13.0. The largest absolute Gasteiger partial charge is 0.462 e. The summed E-state index contributed by atoms with van der Waals surface area (Å²) in [6.07, 6.45) is 90.7. The Bertz CT molecular complexity index is 1490. The van der Waals surface area contributed by atoms with Gasteiger partial charge in [0.2, 0.25) is 0 Å². The van der Waals surface area contributed by atoms with Crippen molar-refractivity contribution in [3.05, 3.63) is 72.9 Å². The molecule has 1 atom stereocenters. The van der Waals surface area contributed by atoms with Crippen molar-refractivity contribution in [3.8, 4) is 0 Å². The summed E-state index contributed by atoms with van der Waals surface area (Å²) in [6, 6.07) is 0. The molecule has 0 heterocycles. The highest BCUT2D eigenvalue weighted by Crippen LogP contribution is 2.17. The van der Waals surface area contributed by atoms with Crippen LogP contribution in [0.3, 0.4) is 0 Å². The molecule has 0 fully saturated rings. The Hall–Kier alpha value is -3.15. The zero-order valence-corrected chi connectivity index (χ0v) is 54.1. The van der Waals surface area contributed by atoms with Crippen LogP contribution in [0.15, 0.2) is 72.9 Å². The van der Waals surface area contributed by atoms with Crippen LogP contribution in [0.1, 0.15) is 367 Å². The van der Waals surface area contributed by atoms with Crippen LogP contribution in [0, 0.1) is 0 Å². The van der Waals surface area contributed by atoms with Crippen LogP contribution in [-0.2, 0) is 28.6 Å². The molecule has 470 valence electrons. The Morgan fingerprint density at radius 3 is 0.716 bits per heavy atom. The summed E-state index contributed by atoms with van der Waals surface area (Å²) in [4.78, 5) is 38.4. The van der Waals surface area contributed by atoms with E-state index in [2.05, 4.69) is 93.7 Å². The fourth-order valence-electron chi connectivity index (χ4n) is 10.3. The van der Waals surface area contributed by atoms with Crippen LogP contribution in [0.5, 0.6) is 0 Å². The third-order valence-corrected chi connectivity index (χ3v) is 15.7. The number of rotatable bonds is 65. The zero-order chi connectivity index (χ0) is 58.5. The van der Waals surface area contributed by atoms with Gasteiger partial charge in [-0.25, -0.2) is 0 Å². The van der Waals surface area contributed by atoms with Gasteiger partial charge < -0.3 is 14.2 Å². The van der Waals surface area contributed by atoms with Gasteiger partial charge in [-0.05, 0) is 116 Å². The molecular formula is C75H134O6. The number of ether oxygens (including phenoxy) is 3. The molecule has 0 aliphatic rings. The van der Waals surface area contributed by atoms with Gasteiger partial charge in [-0.3, -0.25) is 14.4 Å².